The number of likely N-dealkylation sites (tertiary alicyclic amines) is 1. The molecule has 2 heterocycles. The lowest BCUT2D eigenvalue weighted by molar-refractivity contribution is -0.144. The number of carboxylic acids is 1. The molecule has 1 N–H and O–H groups in total. The monoisotopic (exact) mass is 316 g/mol. The number of piperidine rings is 1. The molecule has 0 spiro atoms. The minimum Gasteiger partial charge on any atom is -0.481 e. The quantitative estimate of drug-likeness (QED) is 0.928. The van der Waals surface area contributed by atoms with Crippen molar-refractivity contribution in [3.05, 3.63) is 29.8 Å². The molecule has 1 saturated heterocycles. The van der Waals surface area contributed by atoms with E-state index in [4.69, 9.17) is 0 Å². The fourth-order valence-corrected chi connectivity index (χ4v) is 3.82. The molecule has 1 amide bonds. The Morgan fingerprint density at radius 3 is 2.78 bits per heavy atom. The zero-order valence-corrected chi connectivity index (χ0v) is 13.7. The number of hydrogen-bond donors (Lipinski definition) is 1. The van der Waals surface area contributed by atoms with Gasteiger partial charge in [-0.25, -0.2) is 0 Å². The molecule has 1 aromatic rings. The molecule has 0 saturated carbocycles. The molecule has 5 nitrogen and oxygen atoms in total. The van der Waals surface area contributed by atoms with Gasteiger partial charge in [0, 0.05) is 18.3 Å². The second-order valence-corrected chi connectivity index (χ2v) is 6.74. The first-order chi connectivity index (χ1) is 11.0. The molecule has 3 unspecified atom stereocenters. The lowest BCUT2D eigenvalue weighted by Gasteiger charge is -2.37. The van der Waals surface area contributed by atoms with Gasteiger partial charge in [0.05, 0.1) is 12.0 Å². The van der Waals surface area contributed by atoms with Crippen LogP contribution in [0.5, 0.6) is 0 Å². The van der Waals surface area contributed by atoms with Crippen LogP contribution in [0.4, 0.5) is 5.69 Å². The molecule has 0 bridgehead atoms. The standard InChI is InChI=1S/C18H24N2O3/c1-12-10-14-6-3-4-8-16(14)20(12)17(21)13(2)19-9-5-7-15(11-19)18(22)23/h3-4,6,8,12-13,15H,5,7,9-11H2,1-2H3,(H,22,23). The van der Waals surface area contributed by atoms with Gasteiger partial charge in [-0.2, -0.15) is 0 Å². The predicted molar refractivity (Wildman–Crippen MR) is 88.5 cm³/mol. The van der Waals surface area contributed by atoms with Gasteiger partial charge in [0.2, 0.25) is 5.91 Å². The highest BCUT2D eigenvalue weighted by molar-refractivity contribution is 5.99. The Balaban J connectivity index is 1.76. The van der Waals surface area contributed by atoms with Crippen LogP contribution in [-0.4, -0.2) is 47.1 Å². The van der Waals surface area contributed by atoms with Crippen LogP contribution in [-0.2, 0) is 16.0 Å². The van der Waals surface area contributed by atoms with E-state index in [1.54, 1.807) is 0 Å². The zero-order valence-electron chi connectivity index (χ0n) is 13.7. The molecule has 0 aliphatic carbocycles. The van der Waals surface area contributed by atoms with Crippen LogP contribution in [0.2, 0.25) is 0 Å². The summed E-state index contributed by atoms with van der Waals surface area (Å²) in [5.41, 5.74) is 2.21. The minimum atomic E-state index is -0.755. The molecular weight excluding hydrogens is 292 g/mol. The molecule has 1 aromatic carbocycles. The van der Waals surface area contributed by atoms with E-state index >= 15 is 0 Å². The lowest BCUT2D eigenvalue weighted by Crippen LogP contribution is -2.52. The molecule has 5 heteroatoms. The fourth-order valence-electron chi connectivity index (χ4n) is 3.82. The van der Waals surface area contributed by atoms with E-state index in [0.29, 0.717) is 13.0 Å². The SMILES string of the molecule is CC(C(=O)N1c2ccccc2CC1C)N1CCCC(C(=O)O)C1. The first-order valence-corrected chi connectivity index (χ1v) is 8.37. The third-order valence-electron chi connectivity index (χ3n) is 5.15. The molecule has 3 rings (SSSR count). The van der Waals surface area contributed by atoms with Crippen LogP contribution in [0.3, 0.4) is 0 Å². The summed E-state index contributed by atoms with van der Waals surface area (Å²) in [7, 11) is 0. The predicted octanol–water partition coefficient (Wildman–Crippen LogP) is 2.15. The molecule has 0 radical (unpaired) electrons. The Kier molecular flexibility index (Phi) is 4.39. The summed E-state index contributed by atoms with van der Waals surface area (Å²) >= 11 is 0. The normalized spacial score (nSPS) is 25.9. The Labute approximate surface area is 136 Å². The highest BCUT2D eigenvalue weighted by Crippen LogP contribution is 2.33. The maximum Gasteiger partial charge on any atom is 0.307 e. The van der Waals surface area contributed by atoms with E-state index in [1.165, 1.54) is 5.56 Å². The van der Waals surface area contributed by atoms with E-state index in [2.05, 4.69) is 13.0 Å². The maximum absolute atomic E-state index is 13.0. The number of carbonyl (C=O) groups excluding carboxylic acids is 1. The van der Waals surface area contributed by atoms with Crippen molar-refractivity contribution < 1.29 is 14.7 Å². The Morgan fingerprint density at radius 1 is 1.30 bits per heavy atom. The van der Waals surface area contributed by atoms with Crippen molar-refractivity contribution in [2.75, 3.05) is 18.0 Å². The third-order valence-corrected chi connectivity index (χ3v) is 5.15. The first-order valence-electron chi connectivity index (χ1n) is 8.37. The van der Waals surface area contributed by atoms with Crippen molar-refractivity contribution >= 4 is 17.6 Å². The van der Waals surface area contributed by atoms with Crippen molar-refractivity contribution in [3.63, 3.8) is 0 Å². The van der Waals surface area contributed by atoms with Crippen molar-refractivity contribution in [3.8, 4) is 0 Å². The number of carboxylic acid groups (broad SMARTS) is 1. The van der Waals surface area contributed by atoms with E-state index in [9.17, 15) is 14.7 Å². The molecular formula is C18H24N2O3. The fraction of sp³-hybridized carbons (Fsp3) is 0.556. The van der Waals surface area contributed by atoms with Crippen LogP contribution >= 0.6 is 0 Å². The molecule has 3 atom stereocenters. The summed E-state index contributed by atoms with van der Waals surface area (Å²) in [4.78, 5) is 28.2. The molecule has 124 valence electrons. The van der Waals surface area contributed by atoms with Crippen LogP contribution in [0.15, 0.2) is 24.3 Å². The Bertz CT molecular complexity index is 616. The number of carbonyl (C=O) groups is 2. The maximum atomic E-state index is 13.0. The van der Waals surface area contributed by atoms with Crippen molar-refractivity contribution in [1.82, 2.24) is 4.90 Å². The second-order valence-electron chi connectivity index (χ2n) is 6.74. The Morgan fingerprint density at radius 2 is 2.04 bits per heavy atom. The van der Waals surface area contributed by atoms with Gasteiger partial charge in [-0.05, 0) is 51.3 Å². The number of anilines is 1. The number of nitrogens with zero attached hydrogens (tertiary/aromatic N) is 2. The number of benzene rings is 1. The second kappa shape index (κ2) is 6.32. The number of rotatable bonds is 3. The average molecular weight is 316 g/mol. The third kappa shape index (κ3) is 2.98. The topological polar surface area (TPSA) is 60.9 Å². The van der Waals surface area contributed by atoms with Gasteiger partial charge < -0.3 is 10.0 Å². The van der Waals surface area contributed by atoms with Crippen molar-refractivity contribution in [2.24, 2.45) is 5.92 Å². The lowest BCUT2D eigenvalue weighted by atomic mass is 9.97. The van der Waals surface area contributed by atoms with Gasteiger partial charge in [-0.15, -0.1) is 0 Å². The zero-order chi connectivity index (χ0) is 16.6. The number of fused-ring (bicyclic) bond motifs is 1. The molecule has 1 fully saturated rings. The summed E-state index contributed by atoms with van der Waals surface area (Å²) in [6.45, 7) is 5.23. The van der Waals surface area contributed by atoms with E-state index < -0.39 is 5.97 Å². The Hall–Kier alpha value is -1.88. The van der Waals surface area contributed by atoms with E-state index in [1.807, 2.05) is 34.9 Å². The summed E-state index contributed by atoms with van der Waals surface area (Å²) in [6, 6.07) is 7.91. The average Bonchev–Trinajstić information content (AvgIpc) is 2.89. The number of amides is 1. The van der Waals surface area contributed by atoms with Gasteiger partial charge in [-0.3, -0.25) is 14.5 Å². The van der Waals surface area contributed by atoms with Crippen LogP contribution in [0, 0.1) is 5.92 Å². The highest BCUT2D eigenvalue weighted by Gasteiger charge is 2.37. The number of aliphatic carboxylic acids is 1. The summed E-state index contributed by atoms with van der Waals surface area (Å²) in [5, 5.41) is 9.24. The summed E-state index contributed by atoms with van der Waals surface area (Å²) in [5.74, 6) is -1.04. The van der Waals surface area contributed by atoms with Crippen molar-refractivity contribution in [1.29, 1.82) is 0 Å². The van der Waals surface area contributed by atoms with Crippen LogP contribution in [0.1, 0.15) is 32.3 Å². The van der Waals surface area contributed by atoms with Gasteiger partial charge in [0.15, 0.2) is 0 Å². The molecule has 23 heavy (non-hydrogen) atoms. The summed E-state index contributed by atoms with van der Waals surface area (Å²) < 4.78 is 0. The first kappa shape index (κ1) is 16.0. The van der Waals surface area contributed by atoms with Gasteiger partial charge in [0.1, 0.15) is 0 Å². The minimum absolute atomic E-state index is 0.0773. The largest absolute Gasteiger partial charge is 0.481 e. The van der Waals surface area contributed by atoms with Gasteiger partial charge in [-0.1, -0.05) is 18.2 Å². The van der Waals surface area contributed by atoms with Crippen LogP contribution in [0.25, 0.3) is 0 Å². The van der Waals surface area contributed by atoms with E-state index in [0.717, 1.165) is 25.1 Å². The summed E-state index contributed by atoms with van der Waals surface area (Å²) in [6.07, 6.45) is 2.42. The highest BCUT2D eigenvalue weighted by atomic mass is 16.4. The van der Waals surface area contributed by atoms with Crippen molar-refractivity contribution in [2.45, 2.75) is 45.2 Å². The van der Waals surface area contributed by atoms with Crippen LogP contribution < -0.4 is 4.90 Å². The van der Waals surface area contributed by atoms with Gasteiger partial charge >= 0.3 is 5.97 Å². The van der Waals surface area contributed by atoms with Gasteiger partial charge in [0.25, 0.3) is 0 Å². The van der Waals surface area contributed by atoms with E-state index in [-0.39, 0.29) is 23.9 Å². The number of para-hydroxylation sites is 1. The molecule has 2 aliphatic rings. The number of hydrogen-bond acceptors (Lipinski definition) is 3. The molecule has 2 aliphatic heterocycles. The molecule has 0 aromatic heterocycles. The smallest absolute Gasteiger partial charge is 0.307 e.